The highest BCUT2D eigenvalue weighted by molar-refractivity contribution is 6.21. The van der Waals surface area contributed by atoms with E-state index >= 15 is 0 Å². The van der Waals surface area contributed by atoms with E-state index in [0.717, 1.165) is 21.4 Å². The van der Waals surface area contributed by atoms with Crippen LogP contribution >= 0.6 is 0 Å². The predicted molar refractivity (Wildman–Crippen MR) is 115 cm³/mol. The molecule has 0 atom stereocenters. The average Bonchev–Trinajstić information content (AvgIpc) is 3.26. The summed E-state index contributed by atoms with van der Waals surface area (Å²) in [5.74, 6) is -0.0561. The number of hydrogen-bond acceptors (Lipinski definition) is 5. The van der Waals surface area contributed by atoms with Crippen LogP contribution in [-0.2, 0) is 11.3 Å². The first kappa shape index (κ1) is 19.3. The summed E-state index contributed by atoms with van der Waals surface area (Å²) in [5.41, 5.74) is 2.68. The lowest BCUT2D eigenvalue weighted by Gasteiger charge is -2.08. The number of nitrogens with zero attached hydrogens (tertiary/aromatic N) is 2. The van der Waals surface area contributed by atoms with Gasteiger partial charge >= 0.3 is 5.69 Å². The number of benzene rings is 2. The van der Waals surface area contributed by atoms with Crippen molar-refractivity contribution in [1.82, 2.24) is 9.55 Å². The van der Waals surface area contributed by atoms with Gasteiger partial charge in [0, 0.05) is 23.0 Å². The summed E-state index contributed by atoms with van der Waals surface area (Å²) in [6.45, 7) is 2.11. The zero-order chi connectivity index (χ0) is 21.1. The van der Waals surface area contributed by atoms with E-state index < -0.39 is 11.6 Å². The fraction of sp³-hybridized carbons (Fsp3) is 0.136. The largest absolute Gasteiger partial charge is 0.494 e. The van der Waals surface area contributed by atoms with Gasteiger partial charge in [0.25, 0.3) is 0 Å². The first-order valence-electron chi connectivity index (χ1n) is 9.45. The Labute approximate surface area is 172 Å². The van der Waals surface area contributed by atoms with Gasteiger partial charge in [0.2, 0.25) is 11.8 Å². The Kier molecular flexibility index (Phi) is 5.21. The Morgan fingerprint density at radius 1 is 1.23 bits per heavy atom. The summed E-state index contributed by atoms with van der Waals surface area (Å²) in [6.07, 6.45) is 3.30. The van der Waals surface area contributed by atoms with Gasteiger partial charge in [-0.05, 0) is 43.3 Å². The number of H-pyrrole nitrogens is 1. The van der Waals surface area contributed by atoms with Crippen LogP contribution in [0.1, 0.15) is 18.2 Å². The summed E-state index contributed by atoms with van der Waals surface area (Å²) in [6, 6.07) is 14.5. The molecule has 3 N–H and O–H groups in total. The van der Waals surface area contributed by atoms with Crippen LogP contribution in [0, 0.1) is 0 Å². The first-order chi connectivity index (χ1) is 14.5. The van der Waals surface area contributed by atoms with E-state index in [0.29, 0.717) is 18.0 Å². The van der Waals surface area contributed by atoms with Crippen molar-refractivity contribution >= 4 is 35.1 Å². The van der Waals surface area contributed by atoms with Crippen LogP contribution in [0.2, 0.25) is 0 Å². The Hall–Kier alpha value is -4.07. The van der Waals surface area contributed by atoms with Crippen LogP contribution in [0.15, 0.2) is 58.3 Å². The van der Waals surface area contributed by atoms with E-state index in [1.54, 1.807) is 36.6 Å². The monoisotopic (exact) mass is 404 g/mol. The number of carbonyl (C=O) groups is 1. The molecule has 1 amide bonds. The number of aromatic hydroxyl groups is 1. The third kappa shape index (κ3) is 3.88. The van der Waals surface area contributed by atoms with Crippen molar-refractivity contribution in [3.8, 4) is 11.6 Å². The minimum absolute atomic E-state index is 0.215. The number of amides is 1. The number of aromatic amines is 1. The van der Waals surface area contributed by atoms with E-state index in [1.807, 2.05) is 31.2 Å². The van der Waals surface area contributed by atoms with Crippen LogP contribution in [0.5, 0.6) is 11.6 Å². The quantitative estimate of drug-likeness (QED) is 0.586. The van der Waals surface area contributed by atoms with Crippen molar-refractivity contribution in [3.63, 3.8) is 0 Å². The summed E-state index contributed by atoms with van der Waals surface area (Å²) >= 11 is 0. The fourth-order valence-electron chi connectivity index (χ4n) is 3.18. The number of carbonyl (C=O) groups excluding carboxylic acids is 1. The molecule has 1 aromatic heterocycles. The molecule has 8 nitrogen and oxygen atoms in total. The third-order valence-corrected chi connectivity index (χ3v) is 4.59. The maximum Gasteiger partial charge on any atom is 0.329 e. The number of aromatic nitrogens is 2. The van der Waals surface area contributed by atoms with Gasteiger partial charge in [0.1, 0.15) is 18.0 Å². The van der Waals surface area contributed by atoms with Gasteiger partial charge in [-0.25, -0.2) is 4.79 Å². The average molecular weight is 404 g/mol. The van der Waals surface area contributed by atoms with Gasteiger partial charge in [-0.3, -0.25) is 14.4 Å². The maximum atomic E-state index is 12.4. The number of ether oxygens (including phenoxy) is 1. The Morgan fingerprint density at radius 2 is 2.00 bits per heavy atom. The molecule has 1 aliphatic rings. The SMILES string of the molecule is CCOc1ccc(NC(=O)Cn2c(O)c(/C=C3\C=Nc4ccccc43)[nH]c2=O)cc1. The van der Waals surface area contributed by atoms with Crippen LogP contribution in [0.25, 0.3) is 11.6 Å². The van der Waals surface area contributed by atoms with Gasteiger partial charge in [0.05, 0.1) is 12.3 Å². The Morgan fingerprint density at radius 3 is 2.77 bits per heavy atom. The molecule has 2 aromatic carbocycles. The van der Waals surface area contributed by atoms with Crippen molar-refractivity contribution < 1.29 is 14.6 Å². The molecule has 0 saturated heterocycles. The van der Waals surface area contributed by atoms with Crippen molar-refractivity contribution in [2.75, 3.05) is 11.9 Å². The van der Waals surface area contributed by atoms with Gasteiger partial charge in [-0.2, -0.15) is 0 Å². The minimum atomic E-state index is -0.579. The molecule has 0 radical (unpaired) electrons. The number of nitrogens with one attached hydrogen (secondary N) is 2. The molecule has 0 aliphatic carbocycles. The smallest absolute Gasteiger partial charge is 0.329 e. The minimum Gasteiger partial charge on any atom is -0.494 e. The predicted octanol–water partition coefficient (Wildman–Crippen LogP) is 3.18. The molecule has 8 heteroatoms. The molecule has 0 fully saturated rings. The van der Waals surface area contributed by atoms with Crippen molar-refractivity contribution in [2.24, 2.45) is 4.99 Å². The number of anilines is 1. The van der Waals surface area contributed by atoms with Crippen LogP contribution in [0.4, 0.5) is 11.4 Å². The molecule has 0 bridgehead atoms. The zero-order valence-corrected chi connectivity index (χ0v) is 16.3. The number of aliphatic imine (C=N–C) groups is 1. The fourth-order valence-corrected chi connectivity index (χ4v) is 3.18. The first-order valence-corrected chi connectivity index (χ1v) is 9.45. The topological polar surface area (TPSA) is 109 Å². The van der Waals surface area contributed by atoms with Gasteiger partial charge in [-0.1, -0.05) is 18.2 Å². The molecule has 152 valence electrons. The van der Waals surface area contributed by atoms with E-state index in [1.165, 1.54) is 0 Å². The Bertz CT molecular complexity index is 1200. The highest BCUT2D eigenvalue weighted by Gasteiger charge is 2.17. The van der Waals surface area contributed by atoms with E-state index in [2.05, 4.69) is 15.3 Å². The molecule has 0 unspecified atom stereocenters. The molecule has 0 saturated carbocycles. The highest BCUT2D eigenvalue weighted by atomic mass is 16.5. The van der Waals surface area contributed by atoms with E-state index in [9.17, 15) is 14.7 Å². The van der Waals surface area contributed by atoms with Gasteiger partial charge < -0.3 is 20.1 Å². The lowest BCUT2D eigenvalue weighted by molar-refractivity contribution is -0.116. The lowest BCUT2D eigenvalue weighted by atomic mass is 10.1. The second kappa shape index (κ2) is 8.12. The molecule has 3 aromatic rings. The Balaban J connectivity index is 1.50. The van der Waals surface area contributed by atoms with Gasteiger partial charge in [-0.15, -0.1) is 0 Å². The van der Waals surface area contributed by atoms with E-state index in [4.69, 9.17) is 4.74 Å². The number of hydrogen-bond donors (Lipinski definition) is 3. The highest BCUT2D eigenvalue weighted by Crippen LogP contribution is 2.32. The van der Waals surface area contributed by atoms with Gasteiger partial charge in [0.15, 0.2) is 0 Å². The number of imidazole rings is 1. The van der Waals surface area contributed by atoms with Crippen LogP contribution in [0.3, 0.4) is 0 Å². The number of fused-ring (bicyclic) bond motifs is 1. The standard InChI is InChI=1S/C22H20N4O4/c1-2-30-16-9-7-15(8-10-16)24-20(27)13-26-21(28)19(25-22(26)29)11-14-12-23-18-6-4-3-5-17(14)18/h3-12,28H,2,13H2,1H3,(H,24,27)(H,25,29)/b14-11+. The molecule has 4 rings (SSSR count). The van der Waals surface area contributed by atoms with Crippen LogP contribution in [-0.4, -0.2) is 33.4 Å². The maximum absolute atomic E-state index is 12.4. The summed E-state index contributed by atoms with van der Waals surface area (Å²) < 4.78 is 6.34. The zero-order valence-electron chi connectivity index (χ0n) is 16.3. The van der Waals surface area contributed by atoms with E-state index in [-0.39, 0.29) is 18.1 Å². The third-order valence-electron chi connectivity index (χ3n) is 4.59. The summed E-state index contributed by atoms with van der Waals surface area (Å²) in [7, 11) is 0. The van der Waals surface area contributed by atoms with Crippen molar-refractivity contribution in [3.05, 3.63) is 70.3 Å². The lowest BCUT2D eigenvalue weighted by Crippen LogP contribution is -2.25. The number of allylic oxidation sites excluding steroid dienone is 1. The second-order valence-electron chi connectivity index (χ2n) is 6.63. The second-order valence-corrected chi connectivity index (χ2v) is 6.63. The van der Waals surface area contributed by atoms with Crippen LogP contribution < -0.4 is 15.7 Å². The number of rotatable bonds is 6. The molecular weight excluding hydrogens is 384 g/mol. The molecule has 0 spiro atoms. The van der Waals surface area contributed by atoms with Crippen molar-refractivity contribution in [2.45, 2.75) is 13.5 Å². The molecule has 1 aliphatic heterocycles. The number of para-hydroxylation sites is 1. The van der Waals surface area contributed by atoms with Crippen molar-refractivity contribution in [1.29, 1.82) is 0 Å². The summed E-state index contributed by atoms with van der Waals surface area (Å²) in [4.78, 5) is 31.5. The summed E-state index contributed by atoms with van der Waals surface area (Å²) in [5, 5.41) is 13.2. The molecule has 30 heavy (non-hydrogen) atoms. The molecule has 2 heterocycles. The normalized spacial score (nSPS) is 13.4. The molecular formula is C22H20N4O4.